The molecule has 7 heteroatoms. The van der Waals surface area contributed by atoms with Gasteiger partial charge in [0.15, 0.2) is 5.76 Å². The normalized spacial score (nSPS) is 15.9. The topological polar surface area (TPSA) is 96.8 Å². The summed E-state index contributed by atoms with van der Waals surface area (Å²) in [7, 11) is 0. The van der Waals surface area contributed by atoms with Crippen molar-refractivity contribution in [1.82, 2.24) is 4.90 Å². The van der Waals surface area contributed by atoms with Crippen LogP contribution in [0.3, 0.4) is 0 Å². The van der Waals surface area contributed by atoms with Crippen molar-refractivity contribution in [3.8, 4) is 0 Å². The Morgan fingerprint density at radius 3 is 2.48 bits per heavy atom. The van der Waals surface area contributed by atoms with Gasteiger partial charge in [-0.1, -0.05) is 43.2 Å². The Morgan fingerprint density at radius 1 is 1.20 bits per heavy atom. The van der Waals surface area contributed by atoms with Crippen molar-refractivity contribution in [1.29, 1.82) is 0 Å². The molecule has 0 unspecified atom stereocenters. The molecule has 0 atom stereocenters. The maximum atomic E-state index is 12.8. The molecular weight excluding hydrogens is 324 g/mol. The van der Waals surface area contributed by atoms with Crippen LogP contribution in [0.25, 0.3) is 0 Å². The first-order chi connectivity index (χ1) is 12.0. The third-order valence-electron chi connectivity index (χ3n) is 4.51. The van der Waals surface area contributed by atoms with Gasteiger partial charge in [-0.25, -0.2) is 0 Å². The van der Waals surface area contributed by atoms with E-state index in [1.54, 1.807) is 0 Å². The fourth-order valence-corrected chi connectivity index (χ4v) is 3.25. The van der Waals surface area contributed by atoms with E-state index in [0.29, 0.717) is 19.4 Å². The molecule has 1 aromatic carbocycles. The highest BCUT2D eigenvalue weighted by Gasteiger charge is 2.35. The first kappa shape index (κ1) is 17.2. The highest BCUT2D eigenvalue weighted by atomic mass is 16.6. The molecule has 0 radical (unpaired) electrons. The maximum Gasteiger partial charge on any atom is 0.433 e. The van der Waals surface area contributed by atoms with E-state index in [4.69, 9.17) is 4.42 Å². The Hall–Kier alpha value is -2.67. The second-order valence-corrected chi connectivity index (χ2v) is 6.47. The quantitative estimate of drug-likeness (QED) is 0.641. The Kier molecular flexibility index (Phi) is 4.85. The van der Waals surface area contributed by atoms with Crippen molar-refractivity contribution >= 4 is 11.8 Å². The van der Waals surface area contributed by atoms with E-state index < -0.39 is 22.3 Å². The first-order valence-electron chi connectivity index (χ1n) is 8.27. The van der Waals surface area contributed by atoms with Crippen molar-refractivity contribution in [2.45, 2.75) is 37.8 Å². The second kappa shape index (κ2) is 7.06. The van der Waals surface area contributed by atoms with Gasteiger partial charge in [0, 0.05) is 6.54 Å². The number of aliphatic hydroxyl groups is 1. The smallest absolute Gasteiger partial charge is 0.395 e. The molecule has 1 aromatic heterocycles. The van der Waals surface area contributed by atoms with Crippen LogP contribution in [0.2, 0.25) is 0 Å². The molecule has 132 valence electrons. The lowest BCUT2D eigenvalue weighted by molar-refractivity contribution is -0.402. The third-order valence-corrected chi connectivity index (χ3v) is 4.51. The molecule has 25 heavy (non-hydrogen) atoms. The molecule has 1 saturated carbocycles. The van der Waals surface area contributed by atoms with Crippen LogP contribution in [0.5, 0.6) is 0 Å². The van der Waals surface area contributed by atoms with Gasteiger partial charge < -0.3 is 14.4 Å². The molecule has 1 amide bonds. The van der Waals surface area contributed by atoms with E-state index in [1.165, 1.54) is 11.0 Å². The molecular formula is C18H20N2O5. The summed E-state index contributed by atoms with van der Waals surface area (Å²) in [6.45, 7) is 0.478. The number of carbonyl (C=O) groups excluding carboxylic acids is 1. The van der Waals surface area contributed by atoms with Gasteiger partial charge in [0.2, 0.25) is 0 Å². The number of nitro groups is 1. The van der Waals surface area contributed by atoms with Crippen LogP contribution in [-0.2, 0) is 6.54 Å². The minimum absolute atomic E-state index is 0.0933. The number of nitrogens with zero attached hydrogens (tertiary/aromatic N) is 2. The van der Waals surface area contributed by atoms with Crippen LogP contribution in [0.15, 0.2) is 46.9 Å². The van der Waals surface area contributed by atoms with Gasteiger partial charge in [-0.15, -0.1) is 0 Å². The largest absolute Gasteiger partial charge is 0.433 e. The summed E-state index contributed by atoms with van der Waals surface area (Å²) in [6, 6.07) is 11.9. The Morgan fingerprint density at radius 2 is 1.88 bits per heavy atom. The average molecular weight is 344 g/mol. The molecule has 3 rings (SSSR count). The summed E-state index contributed by atoms with van der Waals surface area (Å²) in [5.41, 5.74) is 0.00156. The fraction of sp³-hybridized carbons (Fsp3) is 0.389. The predicted molar refractivity (Wildman–Crippen MR) is 90.0 cm³/mol. The number of amides is 1. The lowest BCUT2D eigenvalue weighted by Gasteiger charge is -2.31. The van der Waals surface area contributed by atoms with Crippen LogP contribution in [-0.4, -0.2) is 33.0 Å². The summed E-state index contributed by atoms with van der Waals surface area (Å²) in [4.78, 5) is 24.4. The molecule has 0 spiro atoms. The molecule has 1 aliphatic rings. The van der Waals surface area contributed by atoms with Crippen LogP contribution in [0.1, 0.15) is 41.8 Å². The summed E-state index contributed by atoms with van der Waals surface area (Å²) in [5, 5.41) is 21.5. The molecule has 1 heterocycles. The van der Waals surface area contributed by atoms with Gasteiger partial charge in [-0.05, 0) is 24.5 Å². The lowest BCUT2D eigenvalue weighted by Crippen LogP contribution is -2.43. The zero-order valence-electron chi connectivity index (χ0n) is 13.8. The van der Waals surface area contributed by atoms with Gasteiger partial charge in [-0.2, -0.15) is 0 Å². The highest BCUT2D eigenvalue weighted by molar-refractivity contribution is 5.91. The average Bonchev–Trinajstić information content (AvgIpc) is 3.24. The molecule has 2 aromatic rings. The highest BCUT2D eigenvalue weighted by Crippen LogP contribution is 2.31. The molecule has 1 N–H and O–H groups in total. The van der Waals surface area contributed by atoms with E-state index >= 15 is 0 Å². The van der Waals surface area contributed by atoms with E-state index in [9.17, 15) is 20.0 Å². The van der Waals surface area contributed by atoms with Gasteiger partial charge in [0.05, 0.1) is 18.2 Å². The van der Waals surface area contributed by atoms with Gasteiger partial charge in [0.1, 0.15) is 4.92 Å². The van der Waals surface area contributed by atoms with Crippen LogP contribution in [0, 0.1) is 10.1 Å². The molecule has 0 aliphatic heterocycles. The Balaban J connectivity index is 1.83. The van der Waals surface area contributed by atoms with Gasteiger partial charge in [-0.3, -0.25) is 14.9 Å². The minimum Gasteiger partial charge on any atom is -0.395 e. The van der Waals surface area contributed by atoms with Crippen LogP contribution >= 0.6 is 0 Å². The predicted octanol–water partition coefficient (Wildman–Crippen LogP) is 3.14. The number of carbonyl (C=O) groups is 1. The number of furan rings is 1. The number of hydrogen-bond acceptors (Lipinski definition) is 5. The molecule has 0 bridgehead atoms. The van der Waals surface area contributed by atoms with Crippen LogP contribution in [0.4, 0.5) is 5.88 Å². The van der Waals surface area contributed by atoms with Gasteiger partial charge >= 0.3 is 5.88 Å². The van der Waals surface area contributed by atoms with Crippen molar-refractivity contribution in [2.24, 2.45) is 0 Å². The second-order valence-electron chi connectivity index (χ2n) is 6.47. The van der Waals surface area contributed by atoms with Gasteiger partial charge in [0.25, 0.3) is 5.91 Å². The Labute approximate surface area is 145 Å². The third kappa shape index (κ3) is 4.06. The SMILES string of the molecule is O=C(c1ccc([N+](=O)[O-])o1)N(Cc1ccccc1)CC1(O)CCCC1. The number of hydrogen-bond donors (Lipinski definition) is 1. The van der Waals surface area contributed by atoms with E-state index in [1.807, 2.05) is 30.3 Å². The van der Waals surface area contributed by atoms with E-state index in [-0.39, 0.29) is 12.3 Å². The van der Waals surface area contributed by atoms with Crippen LogP contribution < -0.4 is 0 Å². The maximum absolute atomic E-state index is 12.8. The van der Waals surface area contributed by atoms with E-state index in [2.05, 4.69) is 0 Å². The zero-order valence-corrected chi connectivity index (χ0v) is 13.8. The molecule has 0 saturated heterocycles. The monoisotopic (exact) mass is 344 g/mol. The van der Waals surface area contributed by atoms with E-state index in [0.717, 1.165) is 24.5 Å². The standard InChI is InChI=1S/C18H20N2O5/c21-17(15-8-9-16(25-15)20(23)24)19(12-14-6-2-1-3-7-14)13-18(22)10-4-5-11-18/h1-3,6-9,22H,4-5,10-13H2. The number of rotatable bonds is 6. The molecule has 1 fully saturated rings. The van der Waals surface area contributed by atoms with Crippen molar-refractivity contribution in [3.63, 3.8) is 0 Å². The fourth-order valence-electron chi connectivity index (χ4n) is 3.25. The Bertz CT molecular complexity index is 750. The zero-order chi connectivity index (χ0) is 17.9. The molecule has 1 aliphatic carbocycles. The van der Waals surface area contributed by atoms with Crippen molar-refractivity contribution in [3.05, 3.63) is 63.9 Å². The lowest BCUT2D eigenvalue weighted by atomic mass is 10.0. The summed E-state index contributed by atoms with van der Waals surface area (Å²) < 4.78 is 5.05. The van der Waals surface area contributed by atoms with Crippen molar-refractivity contribution < 1.29 is 19.2 Å². The summed E-state index contributed by atoms with van der Waals surface area (Å²) in [6.07, 6.45) is 3.14. The molecule has 7 nitrogen and oxygen atoms in total. The number of benzene rings is 1. The first-order valence-corrected chi connectivity index (χ1v) is 8.27. The minimum atomic E-state index is -0.914. The van der Waals surface area contributed by atoms with Crippen molar-refractivity contribution in [2.75, 3.05) is 6.54 Å². The summed E-state index contributed by atoms with van der Waals surface area (Å²) >= 11 is 0. The summed E-state index contributed by atoms with van der Waals surface area (Å²) in [5.74, 6) is -1.02.